The van der Waals surface area contributed by atoms with Gasteiger partial charge in [-0.05, 0) is 12.0 Å². The zero-order valence-corrected chi connectivity index (χ0v) is 8.46. The van der Waals surface area contributed by atoms with Crippen molar-refractivity contribution in [2.45, 2.75) is 12.8 Å². The molecule has 0 aliphatic carbocycles. The molecule has 0 unspecified atom stereocenters. The molecule has 0 amide bonds. The average Bonchev–Trinajstić information content (AvgIpc) is 2.26. The fourth-order valence-electron chi connectivity index (χ4n) is 1.12. The average molecular weight is 211 g/mol. The Morgan fingerprint density at radius 3 is 2.29 bits per heavy atom. The van der Waals surface area contributed by atoms with Crippen molar-refractivity contribution in [3.8, 4) is 0 Å². The standard InChI is InChI=1S/C11H11ClO2/c12-8-11(14)10(13)7-6-9-4-2-1-3-5-9/h1-5H,6-8H2. The van der Waals surface area contributed by atoms with E-state index in [2.05, 4.69) is 0 Å². The van der Waals surface area contributed by atoms with Crippen molar-refractivity contribution in [3.63, 3.8) is 0 Å². The van der Waals surface area contributed by atoms with Crippen LogP contribution in [-0.2, 0) is 16.0 Å². The Hall–Kier alpha value is -1.15. The molecule has 0 saturated heterocycles. The molecule has 0 radical (unpaired) electrons. The highest BCUT2D eigenvalue weighted by molar-refractivity contribution is 6.47. The topological polar surface area (TPSA) is 34.1 Å². The van der Waals surface area contributed by atoms with Crippen LogP contribution in [0.15, 0.2) is 30.3 Å². The van der Waals surface area contributed by atoms with E-state index in [0.717, 1.165) is 5.56 Å². The summed E-state index contributed by atoms with van der Waals surface area (Å²) in [5.74, 6) is -1.10. The van der Waals surface area contributed by atoms with Crippen LogP contribution in [0.5, 0.6) is 0 Å². The number of hydrogen-bond acceptors (Lipinski definition) is 2. The predicted molar refractivity (Wildman–Crippen MR) is 55.5 cm³/mol. The van der Waals surface area contributed by atoms with Crippen molar-refractivity contribution in [2.75, 3.05) is 5.88 Å². The van der Waals surface area contributed by atoms with Gasteiger partial charge in [-0.2, -0.15) is 0 Å². The van der Waals surface area contributed by atoms with E-state index in [4.69, 9.17) is 11.6 Å². The van der Waals surface area contributed by atoms with Crippen molar-refractivity contribution < 1.29 is 9.59 Å². The SMILES string of the molecule is O=C(CCl)C(=O)CCc1ccccc1. The first-order chi connectivity index (χ1) is 6.74. The van der Waals surface area contributed by atoms with Crippen LogP contribution in [-0.4, -0.2) is 17.4 Å². The van der Waals surface area contributed by atoms with Crippen LogP contribution < -0.4 is 0 Å². The van der Waals surface area contributed by atoms with Crippen molar-refractivity contribution >= 4 is 23.2 Å². The first-order valence-corrected chi connectivity index (χ1v) is 4.93. The predicted octanol–water partition coefficient (Wildman–Crippen LogP) is 2.00. The summed E-state index contributed by atoms with van der Waals surface area (Å²) >= 11 is 5.26. The summed E-state index contributed by atoms with van der Waals surface area (Å²) in [6.07, 6.45) is 0.845. The van der Waals surface area contributed by atoms with Crippen LogP contribution in [0, 0.1) is 0 Å². The fraction of sp³-hybridized carbons (Fsp3) is 0.273. The number of hydrogen-bond donors (Lipinski definition) is 0. The van der Waals surface area contributed by atoms with E-state index < -0.39 is 5.78 Å². The molecule has 1 aromatic carbocycles. The van der Waals surface area contributed by atoms with Gasteiger partial charge in [-0.3, -0.25) is 9.59 Å². The molecule has 0 atom stereocenters. The molecule has 74 valence electrons. The Bertz CT molecular complexity index is 319. The van der Waals surface area contributed by atoms with E-state index in [-0.39, 0.29) is 18.1 Å². The van der Waals surface area contributed by atoms with Gasteiger partial charge in [0.05, 0.1) is 5.88 Å². The van der Waals surface area contributed by atoms with Crippen LogP contribution in [0.1, 0.15) is 12.0 Å². The van der Waals surface area contributed by atoms with Gasteiger partial charge in [-0.1, -0.05) is 30.3 Å². The lowest BCUT2D eigenvalue weighted by Gasteiger charge is -1.98. The van der Waals surface area contributed by atoms with Gasteiger partial charge in [0.15, 0.2) is 5.78 Å². The molecule has 0 fully saturated rings. The lowest BCUT2D eigenvalue weighted by molar-refractivity contribution is -0.135. The second kappa shape index (κ2) is 5.55. The zero-order valence-electron chi connectivity index (χ0n) is 7.70. The van der Waals surface area contributed by atoms with Crippen LogP contribution >= 0.6 is 11.6 Å². The number of carbonyl (C=O) groups excluding carboxylic acids is 2. The Kier molecular flexibility index (Phi) is 4.33. The van der Waals surface area contributed by atoms with Crippen LogP contribution in [0.25, 0.3) is 0 Å². The third-order valence-corrected chi connectivity index (χ3v) is 2.16. The summed E-state index contributed by atoms with van der Waals surface area (Å²) in [5.41, 5.74) is 1.06. The van der Waals surface area contributed by atoms with Crippen molar-refractivity contribution in [1.82, 2.24) is 0 Å². The highest BCUT2D eigenvalue weighted by atomic mass is 35.5. The summed E-state index contributed by atoms with van der Waals surface area (Å²) < 4.78 is 0. The first-order valence-electron chi connectivity index (χ1n) is 4.40. The summed E-state index contributed by atoms with van der Waals surface area (Å²) in [7, 11) is 0. The van der Waals surface area contributed by atoms with E-state index in [1.165, 1.54) is 0 Å². The largest absolute Gasteiger partial charge is 0.291 e. The molecule has 0 bridgehead atoms. The van der Waals surface area contributed by atoms with Gasteiger partial charge in [0.1, 0.15) is 0 Å². The normalized spacial score (nSPS) is 9.79. The minimum atomic E-state index is -0.498. The molecule has 0 heterocycles. The third kappa shape index (κ3) is 3.30. The maximum atomic E-state index is 11.1. The monoisotopic (exact) mass is 210 g/mol. The van der Waals surface area contributed by atoms with Crippen molar-refractivity contribution in [1.29, 1.82) is 0 Å². The Balaban J connectivity index is 2.42. The van der Waals surface area contributed by atoms with Gasteiger partial charge in [0.25, 0.3) is 0 Å². The van der Waals surface area contributed by atoms with Crippen molar-refractivity contribution in [2.24, 2.45) is 0 Å². The van der Waals surface area contributed by atoms with Gasteiger partial charge in [0, 0.05) is 6.42 Å². The van der Waals surface area contributed by atoms with Gasteiger partial charge in [-0.15, -0.1) is 11.6 Å². The molecular formula is C11H11ClO2. The van der Waals surface area contributed by atoms with E-state index >= 15 is 0 Å². The molecular weight excluding hydrogens is 200 g/mol. The molecule has 1 aromatic rings. The number of Topliss-reactive ketones (excluding diaryl/α,β-unsaturated/α-hetero) is 2. The Labute approximate surface area is 87.9 Å². The Morgan fingerprint density at radius 2 is 1.71 bits per heavy atom. The van der Waals surface area contributed by atoms with Gasteiger partial charge in [0.2, 0.25) is 5.78 Å². The second-order valence-corrected chi connectivity index (χ2v) is 3.23. The number of alkyl halides is 1. The number of ketones is 2. The van der Waals surface area contributed by atoms with Gasteiger partial charge < -0.3 is 0 Å². The second-order valence-electron chi connectivity index (χ2n) is 2.97. The van der Waals surface area contributed by atoms with Gasteiger partial charge in [-0.25, -0.2) is 0 Å². The van der Waals surface area contributed by atoms with Crippen LogP contribution in [0.3, 0.4) is 0 Å². The lowest BCUT2D eigenvalue weighted by atomic mass is 10.1. The number of carbonyl (C=O) groups is 2. The van der Waals surface area contributed by atoms with Gasteiger partial charge >= 0.3 is 0 Å². The molecule has 0 saturated carbocycles. The smallest absolute Gasteiger partial charge is 0.213 e. The number of halogens is 1. The number of rotatable bonds is 5. The minimum Gasteiger partial charge on any atom is -0.291 e. The molecule has 0 aromatic heterocycles. The molecule has 3 heteroatoms. The van der Waals surface area contributed by atoms with E-state index in [1.807, 2.05) is 30.3 Å². The summed E-state index contributed by atoms with van der Waals surface area (Å²) in [5, 5.41) is 0. The highest BCUT2D eigenvalue weighted by Gasteiger charge is 2.11. The Morgan fingerprint density at radius 1 is 1.07 bits per heavy atom. The molecule has 0 aliphatic heterocycles. The summed E-state index contributed by atoms with van der Waals surface area (Å²) in [6, 6.07) is 9.58. The van der Waals surface area contributed by atoms with Crippen LogP contribution in [0.4, 0.5) is 0 Å². The zero-order chi connectivity index (χ0) is 10.4. The van der Waals surface area contributed by atoms with E-state index in [9.17, 15) is 9.59 Å². The summed E-state index contributed by atoms with van der Waals surface area (Å²) in [4.78, 5) is 22.0. The van der Waals surface area contributed by atoms with Crippen molar-refractivity contribution in [3.05, 3.63) is 35.9 Å². The minimum absolute atomic E-state index is 0.215. The maximum absolute atomic E-state index is 11.1. The first kappa shape index (κ1) is 10.9. The third-order valence-electron chi connectivity index (χ3n) is 1.92. The molecule has 1 rings (SSSR count). The molecule has 14 heavy (non-hydrogen) atoms. The van der Waals surface area contributed by atoms with Crippen LogP contribution in [0.2, 0.25) is 0 Å². The highest BCUT2D eigenvalue weighted by Crippen LogP contribution is 2.03. The molecule has 2 nitrogen and oxygen atoms in total. The molecule has 0 aliphatic rings. The number of benzene rings is 1. The lowest BCUT2D eigenvalue weighted by Crippen LogP contribution is -2.15. The molecule has 0 spiro atoms. The fourth-order valence-corrected chi connectivity index (χ4v) is 1.27. The quantitative estimate of drug-likeness (QED) is 0.550. The van der Waals surface area contributed by atoms with E-state index in [0.29, 0.717) is 6.42 Å². The number of aryl methyl sites for hydroxylation is 1. The maximum Gasteiger partial charge on any atom is 0.213 e. The molecule has 0 N–H and O–H groups in total. The van der Waals surface area contributed by atoms with E-state index in [1.54, 1.807) is 0 Å². The summed E-state index contributed by atoms with van der Waals surface area (Å²) in [6.45, 7) is 0.